The summed E-state index contributed by atoms with van der Waals surface area (Å²) in [6, 6.07) is 1.93. The highest BCUT2D eigenvalue weighted by Crippen LogP contribution is 2.47. The fourth-order valence-corrected chi connectivity index (χ4v) is 1.82. The highest BCUT2D eigenvalue weighted by atomic mass is 79.9. The molecule has 12 heavy (non-hydrogen) atoms. The third-order valence-electron chi connectivity index (χ3n) is 2.25. The molecule has 0 saturated heterocycles. The van der Waals surface area contributed by atoms with Crippen LogP contribution in [0.2, 0.25) is 0 Å². The fraction of sp³-hybridized carbons (Fsp3) is 0.444. The van der Waals surface area contributed by atoms with E-state index in [1.165, 1.54) is 0 Å². The Labute approximate surface area is 79.8 Å². The number of halogens is 1. The Morgan fingerprint density at radius 1 is 1.58 bits per heavy atom. The van der Waals surface area contributed by atoms with Crippen molar-refractivity contribution in [1.29, 1.82) is 0 Å². The zero-order valence-electron chi connectivity index (χ0n) is 6.84. The molecule has 3 heteroatoms. The molecule has 0 aliphatic heterocycles. The van der Waals surface area contributed by atoms with Crippen molar-refractivity contribution >= 4 is 15.9 Å². The van der Waals surface area contributed by atoms with Crippen LogP contribution in [0.1, 0.15) is 24.1 Å². The predicted octanol–water partition coefficient (Wildman–Crippen LogP) is 2.13. The molecule has 1 heterocycles. The summed E-state index contributed by atoms with van der Waals surface area (Å²) in [5.41, 5.74) is 1.29. The number of aromatic nitrogens is 1. The summed E-state index contributed by atoms with van der Waals surface area (Å²) in [5, 5.41) is 9.81. The molecule has 1 aliphatic rings. The second-order valence-corrected chi connectivity index (χ2v) is 4.12. The normalized spacial score (nSPS) is 19.2. The van der Waals surface area contributed by atoms with E-state index in [-0.39, 0.29) is 0 Å². The van der Waals surface area contributed by atoms with Gasteiger partial charge >= 0.3 is 0 Å². The minimum Gasteiger partial charge on any atom is -0.384 e. The van der Waals surface area contributed by atoms with E-state index in [0.717, 1.165) is 28.6 Å². The van der Waals surface area contributed by atoms with Crippen molar-refractivity contribution in [2.75, 3.05) is 0 Å². The first-order valence-electron chi connectivity index (χ1n) is 3.97. The van der Waals surface area contributed by atoms with Gasteiger partial charge in [-0.05, 0) is 47.3 Å². The average Bonchev–Trinajstić information content (AvgIpc) is 2.75. The van der Waals surface area contributed by atoms with Crippen LogP contribution in [-0.2, 0) is 5.60 Å². The molecule has 0 amide bonds. The molecule has 1 aromatic rings. The highest BCUT2D eigenvalue weighted by Gasteiger charge is 2.45. The summed E-state index contributed by atoms with van der Waals surface area (Å²) >= 11 is 3.43. The van der Waals surface area contributed by atoms with Gasteiger partial charge in [-0.2, -0.15) is 0 Å². The summed E-state index contributed by atoms with van der Waals surface area (Å²) in [7, 11) is 0. The van der Waals surface area contributed by atoms with Crippen molar-refractivity contribution in [1.82, 2.24) is 4.98 Å². The first kappa shape index (κ1) is 8.20. The molecule has 0 radical (unpaired) electrons. The largest absolute Gasteiger partial charge is 0.384 e. The Morgan fingerprint density at radius 2 is 2.25 bits per heavy atom. The summed E-state index contributed by atoms with van der Waals surface area (Å²) in [4.78, 5) is 4.18. The van der Waals surface area contributed by atoms with Crippen LogP contribution in [0.4, 0.5) is 0 Å². The third kappa shape index (κ3) is 1.17. The molecule has 1 fully saturated rings. The van der Waals surface area contributed by atoms with E-state index in [2.05, 4.69) is 20.9 Å². The molecule has 0 spiro atoms. The minimum absolute atomic E-state index is 0.634. The number of hydrogen-bond acceptors (Lipinski definition) is 2. The van der Waals surface area contributed by atoms with Gasteiger partial charge < -0.3 is 5.11 Å². The van der Waals surface area contributed by atoms with E-state index in [4.69, 9.17) is 0 Å². The van der Waals surface area contributed by atoms with Gasteiger partial charge in [0.1, 0.15) is 5.60 Å². The van der Waals surface area contributed by atoms with Crippen molar-refractivity contribution in [2.24, 2.45) is 0 Å². The van der Waals surface area contributed by atoms with Crippen molar-refractivity contribution in [3.63, 3.8) is 0 Å². The molecule has 2 nitrogen and oxygen atoms in total. The van der Waals surface area contributed by atoms with Gasteiger partial charge in [0, 0.05) is 10.7 Å². The minimum atomic E-state index is -0.634. The number of nitrogens with zero attached hydrogens (tertiary/aromatic N) is 1. The van der Waals surface area contributed by atoms with E-state index >= 15 is 0 Å². The Kier molecular flexibility index (Phi) is 1.73. The molecule has 64 valence electrons. The SMILES string of the molecule is Cc1ccnc(C2(O)CC2)c1Br. The van der Waals surface area contributed by atoms with Gasteiger partial charge in [0.25, 0.3) is 0 Å². The van der Waals surface area contributed by atoms with Crippen molar-refractivity contribution in [3.8, 4) is 0 Å². The number of hydrogen-bond donors (Lipinski definition) is 1. The zero-order chi connectivity index (χ0) is 8.77. The van der Waals surface area contributed by atoms with Gasteiger partial charge in [-0.3, -0.25) is 4.98 Å². The van der Waals surface area contributed by atoms with Gasteiger partial charge in [0.15, 0.2) is 0 Å². The lowest BCUT2D eigenvalue weighted by Gasteiger charge is -2.10. The molecular weight excluding hydrogens is 218 g/mol. The predicted molar refractivity (Wildman–Crippen MR) is 49.8 cm³/mol. The standard InChI is InChI=1S/C9H10BrNO/c1-6-2-5-11-8(7(6)10)9(12)3-4-9/h2,5,12H,3-4H2,1H3. The maximum Gasteiger partial charge on any atom is 0.108 e. The van der Waals surface area contributed by atoms with Crippen LogP contribution in [-0.4, -0.2) is 10.1 Å². The number of rotatable bonds is 1. The number of pyridine rings is 1. The van der Waals surface area contributed by atoms with Gasteiger partial charge in [0.2, 0.25) is 0 Å². The van der Waals surface area contributed by atoms with Crippen molar-refractivity contribution < 1.29 is 5.11 Å². The molecule has 1 aliphatic carbocycles. The number of aryl methyl sites for hydroxylation is 1. The van der Waals surface area contributed by atoms with Crippen molar-refractivity contribution in [3.05, 3.63) is 28.0 Å². The van der Waals surface area contributed by atoms with Crippen molar-refractivity contribution in [2.45, 2.75) is 25.4 Å². The lowest BCUT2D eigenvalue weighted by Crippen LogP contribution is -2.08. The van der Waals surface area contributed by atoms with Gasteiger partial charge in [0.05, 0.1) is 5.69 Å². The van der Waals surface area contributed by atoms with Gasteiger partial charge in [-0.25, -0.2) is 0 Å². The molecule has 0 unspecified atom stereocenters. The zero-order valence-corrected chi connectivity index (χ0v) is 8.43. The smallest absolute Gasteiger partial charge is 0.108 e. The summed E-state index contributed by atoms with van der Waals surface area (Å²) in [5.74, 6) is 0. The molecular formula is C9H10BrNO. The highest BCUT2D eigenvalue weighted by molar-refractivity contribution is 9.10. The number of aliphatic hydroxyl groups is 1. The van der Waals surface area contributed by atoms with Crippen LogP contribution in [0.25, 0.3) is 0 Å². The lowest BCUT2D eigenvalue weighted by atomic mass is 10.1. The van der Waals surface area contributed by atoms with Crippen LogP contribution in [0.5, 0.6) is 0 Å². The Balaban J connectivity index is 2.51. The molecule has 0 bridgehead atoms. The van der Waals surface area contributed by atoms with Crippen LogP contribution in [0.15, 0.2) is 16.7 Å². The first-order chi connectivity index (χ1) is 5.63. The topological polar surface area (TPSA) is 33.1 Å². The molecule has 0 aromatic carbocycles. The molecule has 1 saturated carbocycles. The second-order valence-electron chi connectivity index (χ2n) is 3.32. The lowest BCUT2D eigenvalue weighted by molar-refractivity contribution is 0.145. The average molecular weight is 228 g/mol. The summed E-state index contributed by atoms with van der Waals surface area (Å²) in [6.45, 7) is 2.00. The van der Waals surface area contributed by atoms with Crippen LogP contribution in [0.3, 0.4) is 0 Å². The Morgan fingerprint density at radius 3 is 2.83 bits per heavy atom. The molecule has 1 N–H and O–H groups in total. The van der Waals surface area contributed by atoms with Gasteiger partial charge in [-0.1, -0.05) is 0 Å². The van der Waals surface area contributed by atoms with E-state index < -0.39 is 5.60 Å². The van der Waals surface area contributed by atoms with Crippen LogP contribution >= 0.6 is 15.9 Å². The van der Waals surface area contributed by atoms with Crippen LogP contribution < -0.4 is 0 Å². The van der Waals surface area contributed by atoms with E-state index in [1.807, 2.05) is 13.0 Å². The van der Waals surface area contributed by atoms with E-state index in [1.54, 1.807) is 6.20 Å². The molecule has 0 atom stereocenters. The second kappa shape index (κ2) is 2.54. The maximum atomic E-state index is 9.81. The Bertz CT molecular complexity index is 320. The summed E-state index contributed by atoms with van der Waals surface area (Å²) < 4.78 is 0.949. The maximum absolute atomic E-state index is 9.81. The molecule has 2 rings (SSSR count). The molecule has 1 aromatic heterocycles. The fourth-order valence-electron chi connectivity index (χ4n) is 1.22. The monoisotopic (exact) mass is 227 g/mol. The summed E-state index contributed by atoms with van der Waals surface area (Å²) in [6.07, 6.45) is 3.41. The van der Waals surface area contributed by atoms with E-state index in [0.29, 0.717) is 0 Å². The van der Waals surface area contributed by atoms with Gasteiger partial charge in [-0.15, -0.1) is 0 Å². The van der Waals surface area contributed by atoms with E-state index in [9.17, 15) is 5.11 Å². The van der Waals surface area contributed by atoms with Crippen LogP contribution in [0, 0.1) is 6.92 Å². The quantitative estimate of drug-likeness (QED) is 0.798. The third-order valence-corrected chi connectivity index (χ3v) is 3.25. The Hall–Kier alpha value is -0.410. The first-order valence-corrected chi connectivity index (χ1v) is 4.77.